The first-order chi connectivity index (χ1) is 14.0. The van der Waals surface area contributed by atoms with Crippen LogP contribution in [0.25, 0.3) is 11.0 Å². The molecule has 0 saturated heterocycles. The average Bonchev–Trinajstić information content (AvgIpc) is 2.72. The Kier molecular flexibility index (Phi) is 8.77. The van der Waals surface area contributed by atoms with E-state index in [0.29, 0.717) is 17.1 Å². The number of ether oxygens (including phenoxy) is 1. The molecule has 156 valence electrons. The minimum absolute atomic E-state index is 0.0828. The van der Waals surface area contributed by atoms with E-state index in [1.165, 1.54) is 0 Å². The number of carbonyl (C=O) groups is 3. The van der Waals surface area contributed by atoms with Crippen LogP contribution in [0.2, 0.25) is 0 Å². The van der Waals surface area contributed by atoms with E-state index in [1.807, 2.05) is 13.0 Å². The third-order valence-corrected chi connectivity index (χ3v) is 4.19. The Bertz CT molecular complexity index is 831. The molecule has 10 heteroatoms. The molecule has 2 heterocycles. The highest BCUT2D eigenvalue weighted by atomic mass is 16.6. The zero-order valence-corrected chi connectivity index (χ0v) is 16.2. The van der Waals surface area contributed by atoms with Gasteiger partial charge in [0.25, 0.3) is 0 Å². The van der Waals surface area contributed by atoms with Crippen LogP contribution in [-0.2, 0) is 9.59 Å². The lowest BCUT2D eigenvalue weighted by Crippen LogP contribution is -2.43. The van der Waals surface area contributed by atoms with Gasteiger partial charge in [0.05, 0.1) is 19.1 Å². The summed E-state index contributed by atoms with van der Waals surface area (Å²) in [6.07, 6.45) is 4.28. The van der Waals surface area contributed by atoms with Gasteiger partial charge in [0.2, 0.25) is 18.2 Å². The number of hydroxylamine groups is 2. The number of carbonyl (C=O) groups excluding carboxylic acids is 3. The summed E-state index contributed by atoms with van der Waals surface area (Å²) in [5.41, 5.74) is 0.449. The van der Waals surface area contributed by atoms with Crippen molar-refractivity contribution in [2.45, 2.75) is 32.6 Å². The van der Waals surface area contributed by atoms with Gasteiger partial charge >= 0.3 is 6.09 Å². The van der Waals surface area contributed by atoms with Crippen LogP contribution in [0.1, 0.15) is 32.6 Å². The molecule has 3 amide bonds. The molecule has 0 aromatic carbocycles. The van der Waals surface area contributed by atoms with Gasteiger partial charge in [0.1, 0.15) is 0 Å². The maximum absolute atomic E-state index is 12.3. The first-order valence-corrected chi connectivity index (χ1v) is 9.39. The first-order valence-electron chi connectivity index (χ1n) is 9.39. The number of hydrogen-bond donors (Lipinski definition) is 3. The van der Waals surface area contributed by atoms with Crippen molar-refractivity contribution in [3.8, 4) is 5.88 Å². The molecule has 0 bridgehead atoms. The van der Waals surface area contributed by atoms with E-state index in [0.717, 1.165) is 24.6 Å². The summed E-state index contributed by atoms with van der Waals surface area (Å²) < 4.78 is 5.08. The molecule has 29 heavy (non-hydrogen) atoms. The zero-order chi connectivity index (χ0) is 21.1. The predicted octanol–water partition coefficient (Wildman–Crippen LogP) is 1.84. The van der Waals surface area contributed by atoms with Crippen molar-refractivity contribution in [3.05, 3.63) is 30.5 Å². The van der Waals surface area contributed by atoms with Crippen LogP contribution in [0.4, 0.5) is 4.79 Å². The second-order valence-corrected chi connectivity index (χ2v) is 6.40. The molecule has 0 spiro atoms. The van der Waals surface area contributed by atoms with Crippen molar-refractivity contribution >= 4 is 29.4 Å². The monoisotopic (exact) mass is 403 g/mol. The molecule has 2 rings (SSSR count). The summed E-state index contributed by atoms with van der Waals surface area (Å²) in [5, 5.41) is 15.6. The number of rotatable bonds is 11. The fourth-order valence-electron chi connectivity index (χ4n) is 2.69. The van der Waals surface area contributed by atoms with Gasteiger partial charge in [-0.1, -0.05) is 26.2 Å². The summed E-state index contributed by atoms with van der Waals surface area (Å²) in [6.45, 7) is 1.76. The van der Waals surface area contributed by atoms with Gasteiger partial charge in [0.15, 0.2) is 5.65 Å². The van der Waals surface area contributed by atoms with Crippen molar-refractivity contribution in [2.24, 2.45) is 5.92 Å². The van der Waals surface area contributed by atoms with Crippen LogP contribution >= 0.6 is 0 Å². The van der Waals surface area contributed by atoms with Gasteiger partial charge in [-0.05, 0) is 24.6 Å². The van der Waals surface area contributed by atoms with Gasteiger partial charge in [-0.2, -0.15) is 4.98 Å². The van der Waals surface area contributed by atoms with E-state index >= 15 is 0 Å². The number of fused-ring (bicyclic) bond motifs is 1. The van der Waals surface area contributed by atoms with E-state index < -0.39 is 12.0 Å². The number of amides is 3. The van der Waals surface area contributed by atoms with E-state index in [1.54, 1.807) is 24.4 Å². The number of hydrogen-bond acceptors (Lipinski definition) is 7. The number of unbranched alkanes of at least 4 members (excludes halogenated alkanes) is 2. The molecule has 0 unspecified atom stereocenters. The summed E-state index contributed by atoms with van der Waals surface area (Å²) in [7, 11) is 0. The lowest BCUT2D eigenvalue weighted by Gasteiger charge is -2.19. The standard InChI is InChI=1S/C19H25N5O5/c1-2-3-4-6-15(11-24(28)13-25)18(26)21-12-22-19(27)29-16-9-8-14-7-5-10-20-17(14)23-16/h5,7-10,13,15,28H,2-4,6,11-12H2,1H3,(H,21,26)(H,22,27)/t15-/m1/s1. The normalized spacial score (nSPS) is 11.5. The second-order valence-electron chi connectivity index (χ2n) is 6.40. The van der Waals surface area contributed by atoms with Crippen molar-refractivity contribution in [1.29, 1.82) is 0 Å². The smallest absolute Gasteiger partial charge is 0.391 e. The Morgan fingerprint density at radius 1 is 1.28 bits per heavy atom. The van der Waals surface area contributed by atoms with E-state index in [4.69, 9.17) is 4.74 Å². The average molecular weight is 403 g/mol. The van der Waals surface area contributed by atoms with E-state index in [2.05, 4.69) is 20.6 Å². The SMILES string of the molecule is CCCCC[C@H](CN(O)C=O)C(=O)NCNC(=O)Oc1ccc2cccnc2n1. The van der Waals surface area contributed by atoms with Crippen LogP contribution < -0.4 is 15.4 Å². The Morgan fingerprint density at radius 2 is 2.10 bits per heavy atom. The molecule has 10 nitrogen and oxygen atoms in total. The van der Waals surface area contributed by atoms with Gasteiger partial charge in [-0.3, -0.25) is 14.8 Å². The molecular weight excluding hydrogens is 378 g/mol. The largest absolute Gasteiger partial charge is 0.415 e. The Hall–Kier alpha value is -3.27. The zero-order valence-electron chi connectivity index (χ0n) is 16.2. The fourth-order valence-corrected chi connectivity index (χ4v) is 2.69. The maximum Gasteiger partial charge on any atom is 0.415 e. The van der Waals surface area contributed by atoms with Crippen molar-refractivity contribution < 1.29 is 24.3 Å². The molecule has 2 aromatic rings. The topological polar surface area (TPSA) is 134 Å². The third-order valence-electron chi connectivity index (χ3n) is 4.19. The quantitative estimate of drug-likeness (QED) is 0.171. The van der Waals surface area contributed by atoms with Gasteiger partial charge in [-0.15, -0.1) is 0 Å². The van der Waals surface area contributed by atoms with E-state index in [-0.39, 0.29) is 31.4 Å². The molecule has 0 aliphatic heterocycles. The summed E-state index contributed by atoms with van der Waals surface area (Å²) in [5.74, 6) is -0.877. The lowest BCUT2D eigenvalue weighted by molar-refractivity contribution is -0.154. The summed E-state index contributed by atoms with van der Waals surface area (Å²) in [4.78, 5) is 43.0. The molecule has 3 N–H and O–H groups in total. The minimum Gasteiger partial charge on any atom is -0.391 e. The number of aromatic nitrogens is 2. The van der Waals surface area contributed by atoms with Crippen LogP contribution in [-0.4, -0.2) is 51.9 Å². The number of pyridine rings is 2. The molecule has 0 fully saturated rings. The minimum atomic E-state index is -0.785. The number of nitrogens with zero attached hydrogens (tertiary/aromatic N) is 3. The third kappa shape index (κ3) is 7.34. The Morgan fingerprint density at radius 3 is 2.86 bits per heavy atom. The predicted molar refractivity (Wildman–Crippen MR) is 104 cm³/mol. The Balaban J connectivity index is 1.81. The molecule has 2 aromatic heterocycles. The van der Waals surface area contributed by atoms with E-state index in [9.17, 15) is 19.6 Å². The summed E-state index contributed by atoms with van der Waals surface area (Å²) >= 11 is 0. The van der Waals surface area contributed by atoms with Crippen molar-refractivity contribution in [2.75, 3.05) is 13.2 Å². The van der Waals surface area contributed by atoms with Gasteiger partial charge in [0, 0.05) is 17.6 Å². The molecular formula is C19H25N5O5. The molecule has 0 saturated carbocycles. The van der Waals surface area contributed by atoms with Crippen molar-refractivity contribution in [3.63, 3.8) is 0 Å². The summed E-state index contributed by atoms with van der Waals surface area (Å²) in [6, 6.07) is 6.89. The fraction of sp³-hybridized carbons (Fsp3) is 0.421. The highest BCUT2D eigenvalue weighted by molar-refractivity contribution is 5.80. The number of nitrogens with one attached hydrogen (secondary N) is 2. The maximum atomic E-state index is 12.3. The molecule has 0 aliphatic carbocycles. The second kappa shape index (κ2) is 11.5. The van der Waals surface area contributed by atoms with Gasteiger partial charge in [-0.25, -0.2) is 14.8 Å². The van der Waals surface area contributed by atoms with Gasteiger partial charge < -0.3 is 15.4 Å². The lowest BCUT2D eigenvalue weighted by atomic mass is 10.0. The first kappa shape index (κ1) is 22.0. The Labute approximate surface area is 168 Å². The van der Waals surface area contributed by atoms with Crippen LogP contribution in [0.5, 0.6) is 5.88 Å². The highest BCUT2D eigenvalue weighted by Crippen LogP contribution is 2.14. The molecule has 0 aliphatic rings. The van der Waals surface area contributed by atoms with Crippen LogP contribution in [0.15, 0.2) is 30.5 Å². The van der Waals surface area contributed by atoms with Crippen LogP contribution in [0, 0.1) is 5.92 Å². The molecule has 0 radical (unpaired) electrons. The van der Waals surface area contributed by atoms with Crippen molar-refractivity contribution in [1.82, 2.24) is 25.7 Å². The highest BCUT2D eigenvalue weighted by Gasteiger charge is 2.20. The van der Waals surface area contributed by atoms with Crippen LogP contribution in [0.3, 0.4) is 0 Å². The molecule has 1 atom stereocenters.